The molecule has 148 valence electrons. The number of alkyl halides is 5. The zero-order valence-electron chi connectivity index (χ0n) is 15.1. The average molecular weight is 407 g/mol. The molecule has 0 saturated heterocycles. The third-order valence-electron chi connectivity index (χ3n) is 3.92. The van der Waals surface area contributed by atoms with E-state index in [2.05, 4.69) is 21.7 Å². The molecule has 0 N–H and O–H groups in total. The van der Waals surface area contributed by atoms with E-state index in [4.69, 9.17) is 0 Å². The molecule has 0 saturated carbocycles. The first-order chi connectivity index (χ1) is 12.5. The summed E-state index contributed by atoms with van der Waals surface area (Å²) in [5, 5.41) is 0.809. The van der Waals surface area contributed by atoms with Crippen LogP contribution in [0.2, 0.25) is 0 Å². The number of allylic oxidation sites excluding steroid dienone is 1. The van der Waals surface area contributed by atoms with E-state index in [1.807, 2.05) is 6.92 Å². The van der Waals surface area contributed by atoms with Crippen molar-refractivity contribution in [2.24, 2.45) is 19.1 Å². The van der Waals surface area contributed by atoms with E-state index in [1.54, 1.807) is 36.5 Å². The molecule has 0 unspecified atom stereocenters. The Labute approximate surface area is 157 Å². The lowest BCUT2D eigenvalue weighted by Crippen LogP contribution is -2.37. The number of rotatable bonds is 6. The molecule has 0 radical (unpaired) electrons. The molecular weight excluding hydrogens is 389 g/mol. The van der Waals surface area contributed by atoms with E-state index in [9.17, 15) is 22.0 Å². The molecule has 27 heavy (non-hydrogen) atoms. The fourth-order valence-electron chi connectivity index (χ4n) is 2.34. The Hall–Kier alpha value is -2.17. The fourth-order valence-corrected chi connectivity index (χ4v) is 3.14. The lowest BCUT2D eigenvalue weighted by atomic mass is 10.2. The SMILES string of the molecule is C=N/C(=C\c1nc(-c2ncn(C)c2SCC)n(C)c1C)C(F)(F)C(F)(F)F. The van der Waals surface area contributed by atoms with E-state index in [0.29, 0.717) is 23.3 Å². The molecule has 2 aromatic heterocycles. The van der Waals surface area contributed by atoms with Crippen molar-refractivity contribution in [3.8, 4) is 11.5 Å². The topological polar surface area (TPSA) is 48.0 Å². The Balaban J connectivity index is 2.60. The second-order valence-corrected chi connectivity index (χ2v) is 6.92. The predicted molar refractivity (Wildman–Crippen MR) is 95.1 cm³/mol. The summed E-state index contributed by atoms with van der Waals surface area (Å²) in [6.45, 7) is 6.36. The van der Waals surface area contributed by atoms with Gasteiger partial charge in [0.15, 0.2) is 5.82 Å². The number of thioether (sulfide) groups is 1. The Morgan fingerprint density at radius 1 is 1.30 bits per heavy atom. The number of aliphatic imine (C=N–C) groups is 1. The van der Waals surface area contributed by atoms with E-state index in [0.717, 1.165) is 10.8 Å². The van der Waals surface area contributed by atoms with Crippen molar-refractivity contribution in [3.05, 3.63) is 23.4 Å². The maximum Gasteiger partial charge on any atom is 0.459 e. The normalized spacial score (nSPS) is 13.3. The van der Waals surface area contributed by atoms with Crippen molar-refractivity contribution in [2.45, 2.75) is 31.0 Å². The van der Waals surface area contributed by atoms with Crippen LogP contribution in [0, 0.1) is 6.92 Å². The number of aromatic nitrogens is 4. The summed E-state index contributed by atoms with van der Waals surface area (Å²) >= 11 is 1.51. The highest BCUT2D eigenvalue weighted by molar-refractivity contribution is 7.99. The molecule has 0 aliphatic carbocycles. The first kappa shape index (κ1) is 21.1. The molecular formula is C16H18F5N5S. The van der Waals surface area contributed by atoms with Crippen molar-refractivity contribution in [2.75, 3.05) is 5.75 Å². The van der Waals surface area contributed by atoms with Gasteiger partial charge in [-0.2, -0.15) is 22.0 Å². The molecule has 11 heteroatoms. The van der Waals surface area contributed by atoms with Crippen LogP contribution >= 0.6 is 11.8 Å². The molecule has 0 aliphatic rings. The highest BCUT2D eigenvalue weighted by Gasteiger charge is 2.60. The number of nitrogens with zero attached hydrogens (tertiary/aromatic N) is 5. The highest BCUT2D eigenvalue weighted by atomic mass is 32.2. The van der Waals surface area contributed by atoms with E-state index >= 15 is 0 Å². The van der Waals surface area contributed by atoms with Gasteiger partial charge in [-0.3, -0.25) is 4.99 Å². The zero-order chi connectivity index (χ0) is 20.6. The molecule has 0 bridgehead atoms. The van der Waals surface area contributed by atoms with Gasteiger partial charge in [0.1, 0.15) is 16.4 Å². The number of hydrogen-bond acceptors (Lipinski definition) is 4. The smallest absolute Gasteiger partial charge is 0.329 e. The minimum absolute atomic E-state index is 0.0584. The number of imidazole rings is 2. The Bertz CT molecular complexity index is 879. The summed E-state index contributed by atoms with van der Waals surface area (Å²) in [5.74, 6) is -4.01. The van der Waals surface area contributed by atoms with Crippen LogP contribution in [0.5, 0.6) is 0 Å². The maximum absolute atomic E-state index is 13.6. The standard InChI is InChI=1S/C16H18F5N5S/c1-6-27-14-12(23-8-25(14)4)13-24-10(9(2)26(13)5)7-11(22-3)15(17,18)16(19,20)21/h7-8H,3,6H2,1-2,4-5H3/b11-7-. The molecule has 0 atom stereocenters. The van der Waals surface area contributed by atoms with Crippen molar-refractivity contribution in [1.82, 2.24) is 19.1 Å². The monoisotopic (exact) mass is 407 g/mol. The average Bonchev–Trinajstić information content (AvgIpc) is 3.06. The third kappa shape index (κ3) is 3.78. The van der Waals surface area contributed by atoms with Crippen LogP contribution in [0.25, 0.3) is 17.6 Å². The molecule has 0 aliphatic heterocycles. The minimum atomic E-state index is -5.78. The first-order valence-electron chi connectivity index (χ1n) is 7.76. The predicted octanol–water partition coefficient (Wildman–Crippen LogP) is 4.48. The molecule has 0 aromatic carbocycles. The quantitative estimate of drug-likeness (QED) is 0.403. The van der Waals surface area contributed by atoms with Gasteiger partial charge in [-0.1, -0.05) is 6.92 Å². The summed E-state index contributed by atoms with van der Waals surface area (Å²) in [5.41, 5.74) is -0.656. The van der Waals surface area contributed by atoms with Crippen LogP contribution in [-0.4, -0.2) is 43.7 Å². The number of aryl methyl sites for hydroxylation is 1. The van der Waals surface area contributed by atoms with Gasteiger partial charge >= 0.3 is 12.1 Å². The molecule has 2 aromatic rings. The minimum Gasteiger partial charge on any atom is -0.329 e. The highest BCUT2D eigenvalue weighted by Crippen LogP contribution is 2.42. The van der Waals surface area contributed by atoms with Crippen LogP contribution in [0.4, 0.5) is 22.0 Å². The summed E-state index contributed by atoms with van der Waals surface area (Å²) in [7, 11) is 3.43. The number of halogens is 5. The van der Waals surface area contributed by atoms with Crippen LogP contribution in [0.15, 0.2) is 22.0 Å². The Morgan fingerprint density at radius 2 is 1.93 bits per heavy atom. The van der Waals surface area contributed by atoms with Crippen molar-refractivity contribution < 1.29 is 22.0 Å². The van der Waals surface area contributed by atoms with Crippen LogP contribution < -0.4 is 0 Å². The van der Waals surface area contributed by atoms with Crippen molar-refractivity contribution in [3.63, 3.8) is 0 Å². The van der Waals surface area contributed by atoms with Crippen LogP contribution in [0.1, 0.15) is 18.3 Å². The molecule has 0 spiro atoms. The molecule has 2 rings (SSSR count). The van der Waals surface area contributed by atoms with Gasteiger partial charge in [0.05, 0.1) is 12.0 Å². The van der Waals surface area contributed by atoms with Crippen molar-refractivity contribution >= 4 is 24.6 Å². The van der Waals surface area contributed by atoms with Crippen LogP contribution in [0.3, 0.4) is 0 Å². The molecule has 0 amide bonds. The van der Waals surface area contributed by atoms with Gasteiger partial charge < -0.3 is 9.13 Å². The third-order valence-corrected chi connectivity index (χ3v) is 4.96. The summed E-state index contributed by atoms with van der Waals surface area (Å²) < 4.78 is 68.6. The molecule has 2 heterocycles. The van der Waals surface area contributed by atoms with E-state index in [-0.39, 0.29) is 5.69 Å². The molecule has 0 fully saturated rings. The van der Waals surface area contributed by atoms with Gasteiger partial charge in [0, 0.05) is 19.8 Å². The van der Waals surface area contributed by atoms with E-state index in [1.165, 1.54) is 11.8 Å². The fraction of sp³-hybridized carbons (Fsp3) is 0.438. The van der Waals surface area contributed by atoms with Gasteiger partial charge in [0.2, 0.25) is 0 Å². The summed E-state index contributed by atoms with van der Waals surface area (Å²) in [6, 6.07) is 0. The second kappa shape index (κ2) is 7.45. The van der Waals surface area contributed by atoms with Crippen LogP contribution in [-0.2, 0) is 14.1 Å². The van der Waals surface area contributed by atoms with Crippen molar-refractivity contribution in [1.29, 1.82) is 0 Å². The van der Waals surface area contributed by atoms with Gasteiger partial charge in [0.25, 0.3) is 0 Å². The van der Waals surface area contributed by atoms with Gasteiger partial charge in [-0.15, -0.1) is 11.8 Å². The lowest BCUT2D eigenvalue weighted by molar-refractivity contribution is -0.264. The Kier molecular flexibility index (Phi) is 5.83. The largest absolute Gasteiger partial charge is 0.459 e. The zero-order valence-corrected chi connectivity index (χ0v) is 15.9. The molecule has 5 nitrogen and oxygen atoms in total. The summed E-state index contributed by atoms with van der Waals surface area (Å²) in [4.78, 5) is 11.4. The van der Waals surface area contributed by atoms with Gasteiger partial charge in [-0.05, 0) is 25.5 Å². The number of hydrogen-bond donors (Lipinski definition) is 0. The van der Waals surface area contributed by atoms with E-state index < -0.39 is 17.8 Å². The Morgan fingerprint density at radius 3 is 2.44 bits per heavy atom. The maximum atomic E-state index is 13.6. The van der Waals surface area contributed by atoms with Gasteiger partial charge in [-0.25, -0.2) is 9.97 Å². The lowest BCUT2D eigenvalue weighted by Gasteiger charge is -2.19. The first-order valence-corrected chi connectivity index (χ1v) is 8.75. The second-order valence-electron chi connectivity index (χ2n) is 5.67. The summed E-state index contributed by atoms with van der Waals surface area (Å²) in [6.07, 6.45) is -3.59.